The van der Waals surface area contributed by atoms with E-state index in [0.717, 1.165) is 11.3 Å². The van der Waals surface area contributed by atoms with Crippen LogP contribution in [-0.4, -0.2) is 17.5 Å². The van der Waals surface area contributed by atoms with Crippen molar-refractivity contribution in [3.63, 3.8) is 0 Å². The molecule has 1 aromatic rings. The maximum atomic E-state index is 11.8. The van der Waals surface area contributed by atoms with E-state index in [1.165, 1.54) is 0 Å². The fourth-order valence-electron chi connectivity index (χ4n) is 2.64. The molecule has 1 atom stereocenters. The molecule has 3 fully saturated rings. The number of fused-ring (bicyclic) bond motifs is 3. The molecule has 2 bridgehead atoms. The maximum absolute atomic E-state index is 11.8. The normalized spacial score (nSPS) is 37.1. The van der Waals surface area contributed by atoms with Crippen molar-refractivity contribution in [1.82, 2.24) is 10.6 Å². The highest BCUT2D eigenvalue weighted by molar-refractivity contribution is 7.10. The van der Waals surface area contributed by atoms with Crippen molar-refractivity contribution in [3.05, 3.63) is 22.4 Å². The van der Waals surface area contributed by atoms with Crippen LogP contribution in [0.1, 0.15) is 24.1 Å². The van der Waals surface area contributed by atoms with Crippen molar-refractivity contribution in [3.8, 4) is 0 Å². The predicted molar refractivity (Wildman–Crippen MR) is 59.9 cm³/mol. The number of hydrogen-bond acceptors (Lipinski definition) is 3. The Morgan fingerprint density at radius 1 is 1.38 bits per heavy atom. The molecule has 4 rings (SSSR count). The van der Waals surface area contributed by atoms with E-state index in [1.54, 1.807) is 11.3 Å². The lowest BCUT2D eigenvalue weighted by atomic mass is 9.74. The summed E-state index contributed by atoms with van der Waals surface area (Å²) in [6.45, 7) is 1.86. The van der Waals surface area contributed by atoms with Crippen molar-refractivity contribution in [2.24, 2.45) is 5.92 Å². The first-order chi connectivity index (χ1) is 7.59. The van der Waals surface area contributed by atoms with Crippen LogP contribution in [0, 0.1) is 5.92 Å². The molecule has 0 aromatic carbocycles. The molecule has 5 heteroatoms. The van der Waals surface area contributed by atoms with Gasteiger partial charge in [0, 0.05) is 10.8 Å². The number of thiophene rings is 1. The molecule has 0 aliphatic carbocycles. The molecule has 1 aromatic heterocycles. The van der Waals surface area contributed by atoms with Crippen LogP contribution in [0.3, 0.4) is 0 Å². The quantitative estimate of drug-likeness (QED) is 0.709. The molecule has 4 heterocycles. The van der Waals surface area contributed by atoms with Gasteiger partial charge in [0.15, 0.2) is 0 Å². The fraction of sp³-hybridized carbons (Fsp3) is 0.455. The van der Waals surface area contributed by atoms with Crippen LogP contribution in [0.2, 0.25) is 0 Å². The highest BCUT2D eigenvalue weighted by atomic mass is 32.1. The molecule has 0 saturated carbocycles. The summed E-state index contributed by atoms with van der Waals surface area (Å²) in [6.07, 6.45) is 0.773. The third-order valence-electron chi connectivity index (χ3n) is 3.30. The largest absolute Gasteiger partial charge is 0.333 e. The zero-order chi connectivity index (χ0) is 11.3. The van der Waals surface area contributed by atoms with Crippen LogP contribution >= 0.6 is 11.3 Å². The summed E-state index contributed by atoms with van der Waals surface area (Å²) in [6, 6.07) is 3.96. The Bertz CT molecular complexity index is 437. The first-order valence-corrected chi connectivity index (χ1v) is 6.14. The van der Waals surface area contributed by atoms with E-state index in [4.69, 9.17) is 0 Å². The lowest BCUT2D eigenvalue weighted by molar-refractivity contribution is -0.149. The summed E-state index contributed by atoms with van der Waals surface area (Å²) >= 11 is 1.61. The van der Waals surface area contributed by atoms with Gasteiger partial charge in [-0.2, -0.15) is 0 Å². The van der Waals surface area contributed by atoms with E-state index in [9.17, 15) is 9.59 Å². The molecule has 3 aliphatic heterocycles. The Kier molecular flexibility index (Phi) is 1.89. The minimum Gasteiger partial charge on any atom is -0.333 e. The second-order valence-electron chi connectivity index (χ2n) is 4.61. The Balaban J connectivity index is 2.03. The zero-order valence-electron chi connectivity index (χ0n) is 8.82. The van der Waals surface area contributed by atoms with Gasteiger partial charge >= 0.3 is 0 Å². The topological polar surface area (TPSA) is 58.2 Å². The first-order valence-electron chi connectivity index (χ1n) is 5.26. The van der Waals surface area contributed by atoms with Gasteiger partial charge in [0.05, 0.1) is 0 Å². The van der Waals surface area contributed by atoms with E-state index >= 15 is 0 Å². The van der Waals surface area contributed by atoms with Crippen molar-refractivity contribution in [2.45, 2.75) is 24.9 Å². The Labute approximate surface area is 97.0 Å². The SMILES string of the molecule is CC12C[C@H](c3cccs3)C(C(=O)N1)C(=O)N2. The van der Waals surface area contributed by atoms with Crippen LogP contribution in [0.15, 0.2) is 17.5 Å². The van der Waals surface area contributed by atoms with E-state index in [0.29, 0.717) is 0 Å². The molecular weight excluding hydrogens is 224 g/mol. The number of hydrogen-bond donors (Lipinski definition) is 2. The average Bonchev–Trinajstić information content (AvgIpc) is 2.66. The van der Waals surface area contributed by atoms with Gasteiger partial charge in [-0.3, -0.25) is 9.59 Å². The maximum Gasteiger partial charge on any atom is 0.235 e. The molecule has 84 valence electrons. The highest BCUT2D eigenvalue weighted by Crippen LogP contribution is 2.41. The second-order valence-corrected chi connectivity index (χ2v) is 5.59. The smallest absolute Gasteiger partial charge is 0.235 e. The Morgan fingerprint density at radius 2 is 2.06 bits per heavy atom. The molecule has 3 aliphatic rings. The average molecular weight is 236 g/mol. The van der Waals surface area contributed by atoms with Gasteiger partial charge in [0.25, 0.3) is 0 Å². The third-order valence-corrected chi connectivity index (χ3v) is 4.31. The lowest BCUT2D eigenvalue weighted by Gasteiger charge is -2.48. The standard InChI is InChI=1S/C11H12N2O2S/c1-11-5-6(7-3-2-4-16-7)8(9(14)12-11)10(15)13-11/h2-4,6,8H,5H2,1H3,(H,12,14)(H,13,15)/t6-,8?,11?/m1/s1. The van der Waals surface area contributed by atoms with Crippen LogP contribution in [0.25, 0.3) is 0 Å². The summed E-state index contributed by atoms with van der Waals surface area (Å²) in [5.41, 5.74) is -0.572. The Morgan fingerprint density at radius 3 is 2.56 bits per heavy atom. The number of nitrogens with one attached hydrogen (secondary N) is 2. The van der Waals surface area contributed by atoms with Crippen molar-refractivity contribution in [1.29, 1.82) is 0 Å². The number of carbonyl (C=O) groups excluding carboxylic acids is 2. The van der Waals surface area contributed by atoms with Gasteiger partial charge in [-0.25, -0.2) is 0 Å². The van der Waals surface area contributed by atoms with Crippen molar-refractivity contribution in [2.75, 3.05) is 0 Å². The summed E-state index contributed by atoms with van der Waals surface area (Å²) < 4.78 is 0. The molecule has 2 amide bonds. The number of piperidine rings is 2. The van der Waals surface area contributed by atoms with E-state index in [2.05, 4.69) is 10.6 Å². The summed E-state index contributed by atoms with van der Waals surface area (Å²) in [7, 11) is 0. The lowest BCUT2D eigenvalue weighted by Crippen LogP contribution is -2.72. The molecule has 3 saturated heterocycles. The van der Waals surface area contributed by atoms with Gasteiger partial charge in [-0.05, 0) is 24.8 Å². The summed E-state index contributed by atoms with van der Waals surface area (Å²) in [5.74, 6) is -0.806. The number of carbonyl (C=O) groups is 2. The number of rotatable bonds is 1. The van der Waals surface area contributed by atoms with E-state index in [-0.39, 0.29) is 17.7 Å². The van der Waals surface area contributed by atoms with Gasteiger partial charge in [-0.1, -0.05) is 6.07 Å². The van der Waals surface area contributed by atoms with Gasteiger partial charge < -0.3 is 10.6 Å². The monoisotopic (exact) mass is 236 g/mol. The first kappa shape index (κ1) is 9.84. The van der Waals surface area contributed by atoms with Gasteiger partial charge in [0.2, 0.25) is 11.8 Å². The molecular formula is C11H12N2O2S. The van der Waals surface area contributed by atoms with Crippen molar-refractivity contribution >= 4 is 23.2 Å². The zero-order valence-corrected chi connectivity index (χ0v) is 9.64. The minimum absolute atomic E-state index is 0.0347. The van der Waals surface area contributed by atoms with Gasteiger partial charge in [-0.15, -0.1) is 11.3 Å². The minimum atomic E-state index is -0.572. The fourth-order valence-corrected chi connectivity index (χ4v) is 3.51. The van der Waals surface area contributed by atoms with Crippen LogP contribution in [-0.2, 0) is 9.59 Å². The molecule has 2 N–H and O–H groups in total. The van der Waals surface area contributed by atoms with Gasteiger partial charge in [0.1, 0.15) is 11.6 Å². The van der Waals surface area contributed by atoms with Crippen LogP contribution in [0.5, 0.6) is 0 Å². The second kappa shape index (κ2) is 3.07. The summed E-state index contributed by atoms with van der Waals surface area (Å²) in [5, 5.41) is 7.68. The van der Waals surface area contributed by atoms with Crippen LogP contribution < -0.4 is 10.6 Å². The Hall–Kier alpha value is -1.36. The molecule has 4 nitrogen and oxygen atoms in total. The number of amides is 2. The molecule has 0 unspecified atom stereocenters. The highest BCUT2D eigenvalue weighted by Gasteiger charge is 2.53. The predicted octanol–water partition coefficient (Wildman–Crippen LogP) is 0.814. The molecule has 16 heavy (non-hydrogen) atoms. The molecule has 0 spiro atoms. The van der Waals surface area contributed by atoms with Crippen LogP contribution in [0.4, 0.5) is 0 Å². The summed E-state index contributed by atoms with van der Waals surface area (Å²) in [4.78, 5) is 24.7. The third kappa shape index (κ3) is 1.28. The van der Waals surface area contributed by atoms with Crippen molar-refractivity contribution < 1.29 is 9.59 Å². The van der Waals surface area contributed by atoms with E-state index < -0.39 is 11.6 Å². The van der Waals surface area contributed by atoms with E-state index in [1.807, 2.05) is 24.4 Å². The molecule has 0 radical (unpaired) electrons.